The molecule has 1 aliphatic heterocycles. The first-order chi connectivity index (χ1) is 12.9. The summed E-state index contributed by atoms with van der Waals surface area (Å²) in [6.45, 7) is 4.10. The molecule has 138 valence electrons. The van der Waals surface area contributed by atoms with E-state index in [4.69, 9.17) is 4.74 Å². The second kappa shape index (κ2) is 6.58. The number of hydrogen-bond donors (Lipinski definition) is 2. The van der Waals surface area contributed by atoms with Gasteiger partial charge in [0.2, 0.25) is 0 Å². The Hall–Kier alpha value is -3.08. The van der Waals surface area contributed by atoms with Crippen LogP contribution in [-0.2, 0) is 4.79 Å². The maximum atomic E-state index is 12.8. The van der Waals surface area contributed by atoms with Gasteiger partial charge in [-0.2, -0.15) is 0 Å². The number of allylic oxidation sites excluding steroid dienone is 1. The third kappa shape index (κ3) is 3.58. The van der Waals surface area contributed by atoms with Gasteiger partial charge in [-0.05, 0) is 41.7 Å². The van der Waals surface area contributed by atoms with Crippen molar-refractivity contribution in [2.45, 2.75) is 32.7 Å². The van der Waals surface area contributed by atoms with Gasteiger partial charge in [0.15, 0.2) is 5.78 Å². The maximum absolute atomic E-state index is 12.8. The molecule has 0 spiro atoms. The van der Waals surface area contributed by atoms with Crippen molar-refractivity contribution in [2.24, 2.45) is 5.41 Å². The number of nitrogens with one attached hydrogen (secondary N) is 2. The maximum Gasteiger partial charge on any atom is 0.319 e. The lowest BCUT2D eigenvalue weighted by atomic mass is 9.73. The number of ketones is 1. The lowest BCUT2D eigenvalue weighted by Crippen LogP contribution is -2.48. The van der Waals surface area contributed by atoms with E-state index in [-0.39, 0.29) is 17.2 Å². The van der Waals surface area contributed by atoms with E-state index in [0.717, 1.165) is 17.0 Å². The molecule has 0 saturated carbocycles. The minimum absolute atomic E-state index is 0.0770. The molecule has 1 heterocycles. The van der Waals surface area contributed by atoms with Gasteiger partial charge >= 0.3 is 6.03 Å². The van der Waals surface area contributed by atoms with Crippen LogP contribution in [0.15, 0.2) is 65.9 Å². The molecule has 2 amide bonds. The Kier molecular flexibility index (Phi) is 4.22. The Morgan fingerprint density at radius 2 is 1.70 bits per heavy atom. The molecule has 2 aromatic carbocycles. The smallest absolute Gasteiger partial charge is 0.319 e. The van der Waals surface area contributed by atoms with E-state index in [1.54, 1.807) is 0 Å². The lowest BCUT2D eigenvalue weighted by molar-refractivity contribution is -0.118. The molecule has 1 atom stereocenters. The highest BCUT2D eigenvalue weighted by atomic mass is 16.5. The SMILES string of the molecule is CC1(C)CC(=O)C2=C(C1)NC(=O)N[C@H]2c1cccc(Oc2ccccc2)c1. The number of benzene rings is 2. The first kappa shape index (κ1) is 17.3. The van der Waals surface area contributed by atoms with E-state index in [2.05, 4.69) is 10.6 Å². The average molecular weight is 362 g/mol. The van der Waals surface area contributed by atoms with E-state index in [0.29, 0.717) is 24.2 Å². The fourth-order valence-corrected chi connectivity index (χ4v) is 3.79. The molecule has 2 aliphatic rings. The third-order valence-corrected chi connectivity index (χ3v) is 4.92. The molecule has 0 bridgehead atoms. The van der Waals surface area contributed by atoms with Crippen molar-refractivity contribution < 1.29 is 14.3 Å². The van der Waals surface area contributed by atoms with Crippen LogP contribution in [0.2, 0.25) is 0 Å². The van der Waals surface area contributed by atoms with Crippen LogP contribution in [0.5, 0.6) is 11.5 Å². The second-order valence-electron chi connectivity index (χ2n) is 7.85. The number of Topliss-reactive ketones (excluding diaryl/α,β-unsaturated/α-hetero) is 1. The Morgan fingerprint density at radius 1 is 0.963 bits per heavy atom. The van der Waals surface area contributed by atoms with Gasteiger partial charge in [0.25, 0.3) is 0 Å². The van der Waals surface area contributed by atoms with Crippen LogP contribution < -0.4 is 15.4 Å². The summed E-state index contributed by atoms with van der Waals surface area (Å²) in [6, 6.07) is 16.3. The van der Waals surface area contributed by atoms with Gasteiger partial charge in [0, 0.05) is 17.7 Å². The normalized spacial score (nSPS) is 21.2. The van der Waals surface area contributed by atoms with Crippen molar-refractivity contribution in [3.63, 3.8) is 0 Å². The molecular weight excluding hydrogens is 340 g/mol. The van der Waals surface area contributed by atoms with E-state index < -0.39 is 6.04 Å². The van der Waals surface area contributed by atoms with Crippen molar-refractivity contribution in [3.05, 3.63) is 71.4 Å². The Bertz CT molecular complexity index is 932. The van der Waals surface area contributed by atoms with Crippen LogP contribution >= 0.6 is 0 Å². The van der Waals surface area contributed by atoms with Gasteiger partial charge in [-0.25, -0.2) is 4.79 Å². The number of para-hydroxylation sites is 1. The summed E-state index contributed by atoms with van der Waals surface area (Å²) >= 11 is 0. The van der Waals surface area contributed by atoms with Gasteiger partial charge in [-0.3, -0.25) is 4.79 Å². The van der Waals surface area contributed by atoms with Crippen molar-refractivity contribution in [2.75, 3.05) is 0 Å². The fourth-order valence-electron chi connectivity index (χ4n) is 3.79. The second-order valence-corrected chi connectivity index (χ2v) is 7.85. The van der Waals surface area contributed by atoms with Gasteiger partial charge < -0.3 is 15.4 Å². The zero-order valence-corrected chi connectivity index (χ0v) is 15.4. The number of hydrogen-bond acceptors (Lipinski definition) is 3. The van der Waals surface area contributed by atoms with Crippen molar-refractivity contribution >= 4 is 11.8 Å². The summed E-state index contributed by atoms with van der Waals surface area (Å²) in [7, 11) is 0. The molecule has 2 aromatic rings. The number of rotatable bonds is 3. The molecule has 0 aromatic heterocycles. The third-order valence-electron chi connectivity index (χ3n) is 4.92. The quantitative estimate of drug-likeness (QED) is 0.846. The van der Waals surface area contributed by atoms with E-state index in [1.807, 2.05) is 68.4 Å². The molecule has 0 saturated heterocycles. The van der Waals surface area contributed by atoms with Gasteiger partial charge in [0.05, 0.1) is 6.04 Å². The van der Waals surface area contributed by atoms with Crippen LogP contribution in [-0.4, -0.2) is 11.8 Å². The Morgan fingerprint density at radius 3 is 2.48 bits per heavy atom. The number of carbonyl (C=O) groups excluding carboxylic acids is 2. The summed E-state index contributed by atoms with van der Waals surface area (Å²) in [5, 5.41) is 5.73. The fraction of sp³-hybridized carbons (Fsp3) is 0.273. The van der Waals surface area contributed by atoms with Gasteiger partial charge in [-0.15, -0.1) is 0 Å². The van der Waals surface area contributed by atoms with Gasteiger partial charge in [-0.1, -0.05) is 44.2 Å². The van der Waals surface area contributed by atoms with Crippen molar-refractivity contribution in [3.8, 4) is 11.5 Å². The zero-order chi connectivity index (χ0) is 19.0. The zero-order valence-electron chi connectivity index (χ0n) is 15.4. The average Bonchev–Trinajstić information content (AvgIpc) is 2.60. The van der Waals surface area contributed by atoms with Crippen LogP contribution in [0.3, 0.4) is 0 Å². The Labute approximate surface area is 158 Å². The molecule has 5 nitrogen and oxygen atoms in total. The molecule has 4 rings (SSSR count). The van der Waals surface area contributed by atoms with Crippen LogP contribution in [0, 0.1) is 5.41 Å². The summed E-state index contributed by atoms with van der Waals surface area (Å²) in [5.41, 5.74) is 2.08. The molecule has 0 unspecified atom stereocenters. The number of urea groups is 1. The molecule has 2 N–H and O–H groups in total. The first-order valence-electron chi connectivity index (χ1n) is 9.08. The number of ether oxygens (including phenoxy) is 1. The van der Waals surface area contributed by atoms with Gasteiger partial charge in [0.1, 0.15) is 11.5 Å². The first-order valence-corrected chi connectivity index (χ1v) is 9.08. The van der Waals surface area contributed by atoms with Crippen molar-refractivity contribution in [1.82, 2.24) is 10.6 Å². The highest BCUT2D eigenvalue weighted by Gasteiger charge is 2.40. The summed E-state index contributed by atoms with van der Waals surface area (Å²) in [4.78, 5) is 25.0. The van der Waals surface area contributed by atoms with E-state index in [9.17, 15) is 9.59 Å². The summed E-state index contributed by atoms with van der Waals surface area (Å²) in [5.74, 6) is 1.48. The molecule has 0 radical (unpaired) electrons. The predicted octanol–water partition coefficient (Wildman–Crippen LogP) is 4.48. The molecule has 0 fully saturated rings. The minimum atomic E-state index is -0.461. The predicted molar refractivity (Wildman–Crippen MR) is 102 cm³/mol. The summed E-state index contributed by atoms with van der Waals surface area (Å²) < 4.78 is 5.90. The summed E-state index contributed by atoms with van der Waals surface area (Å²) in [6.07, 6.45) is 1.15. The van der Waals surface area contributed by atoms with Crippen LogP contribution in [0.1, 0.15) is 38.3 Å². The van der Waals surface area contributed by atoms with Crippen LogP contribution in [0.25, 0.3) is 0 Å². The molecular formula is C22H22N2O3. The highest BCUT2D eigenvalue weighted by molar-refractivity contribution is 6.01. The number of carbonyl (C=O) groups is 2. The minimum Gasteiger partial charge on any atom is -0.457 e. The van der Waals surface area contributed by atoms with E-state index in [1.165, 1.54) is 0 Å². The lowest BCUT2D eigenvalue weighted by Gasteiger charge is -2.38. The monoisotopic (exact) mass is 362 g/mol. The highest BCUT2D eigenvalue weighted by Crippen LogP contribution is 2.41. The Balaban J connectivity index is 1.69. The molecule has 27 heavy (non-hydrogen) atoms. The molecule has 5 heteroatoms. The molecule has 1 aliphatic carbocycles. The van der Waals surface area contributed by atoms with Crippen molar-refractivity contribution in [1.29, 1.82) is 0 Å². The number of amides is 2. The topological polar surface area (TPSA) is 67.4 Å². The largest absolute Gasteiger partial charge is 0.457 e. The van der Waals surface area contributed by atoms with E-state index >= 15 is 0 Å². The standard InChI is InChI=1S/C22H22N2O3/c1-22(2)12-17-19(18(25)13-22)20(24-21(26)23-17)14-7-6-10-16(11-14)27-15-8-4-3-5-9-15/h3-11,20H,12-13H2,1-2H3,(H2,23,24,26)/t20-/m0/s1. The van der Waals surface area contributed by atoms with Crippen LogP contribution in [0.4, 0.5) is 4.79 Å².